The molecule has 0 spiro atoms. The molecule has 0 heterocycles. The zero-order valence-electron chi connectivity index (χ0n) is 9.77. The summed E-state index contributed by atoms with van der Waals surface area (Å²) in [5.74, 6) is 5.66. The molecule has 0 saturated heterocycles. The zero-order chi connectivity index (χ0) is 13.4. The molecule has 98 valence electrons. The second kappa shape index (κ2) is 8.11. The van der Waals surface area contributed by atoms with E-state index in [1.807, 2.05) is 0 Å². The fourth-order valence-electron chi connectivity index (χ4n) is 1.31. The Labute approximate surface area is 110 Å². The quantitative estimate of drug-likeness (QED) is 0.691. The van der Waals surface area contributed by atoms with E-state index in [4.69, 9.17) is 15.3 Å². The van der Waals surface area contributed by atoms with Crippen LogP contribution >= 0.6 is 11.8 Å². The van der Waals surface area contributed by atoms with Crippen LogP contribution in [0.3, 0.4) is 0 Å². The van der Waals surface area contributed by atoms with Crippen molar-refractivity contribution in [2.45, 2.75) is 11.9 Å². The number of hydrogen-bond donors (Lipinski definition) is 3. The summed E-state index contributed by atoms with van der Waals surface area (Å²) in [6.45, 7) is -0.535. The highest BCUT2D eigenvalue weighted by molar-refractivity contribution is 7.98. The number of rotatable bonds is 5. The molecule has 0 aliphatic heterocycles. The molecule has 0 fully saturated rings. The van der Waals surface area contributed by atoms with Gasteiger partial charge in [0.2, 0.25) is 0 Å². The third kappa shape index (κ3) is 5.52. The van der Waals surface area contributed by atoms with E-state index in [2.05, 4.69) is 11.8 Å². The Morgan fingerprint density at radius 3 is 2.72 bits per heavy atom. The summed E-state index contributed by atoms with van der Waals surface area (Å²) >= 11 is 1.41. The van der Waals surface area contributed by atoms with Crippen LogP contribution in [0.2, 0.25) is 0 Å². The van der Waals surface area contributed by atoms with Gasteiger partial charge in [-0.25, -0.2) is 4.39 Å². The predicted molar refractivity (Wildman–Crippen MR) is 69.6 cm³/mol. The molecule has 0 aromatic heterocycles. The Hall–Kier alpha value is -1.06. The first-order valence-electron chi connectivity index (χ1n) is 5.41. The van der Waals surface area contributed by atoms with Crippen LogP contribution in [0.25, 0.3) is 0 Å². The number of aliphatic hydroxyl groups excluding tert-OH is 3. The van der Waals surface area contributed by atoms with Crippen LogP contribution in [0.1, 0.15) is 11.1 Å². The summed E-state index contributed by atoms with van der Waals surface area (Å²) in [5, 5.41) is 26.4. The molecule has 0 saturated carbocycles. The van der Waals surface area contributed by atoms with Crippen molar-refractivity contribution in [3.63, 3.8) is 0 Å². The summed E-state index contributed by atoms with van der Waals surface area (Å²) in [4.78, 5) is 0. The topological polar surface area (TPSA) is 60.7 Å². The lowest BCUT2D eigenvalue weighted by atomic mass is 10.1. The number of benzene rings is 1. The minimum Gasteiger partial charge on any atom is -0.394 e. The molecule has 1 aromatic carbocycles. The fraction of sp³-hybridized carbons (Fsp3) is 0.385. The number of aliphatic hydroxyl groups is 3. The third-order valence-electron chi connectivity index (χ3n) is 2.06. The summed E-state index contributed by atoms with van der Waals surface area (Å²) in [6.07, 6.45) is -0.753. The highest BCUT2D eigenvalue weighted by Crippen LogP contribution is 2.16. The van der Waals surface area contributed by atoms with Crippen molar-refractivity contribution >= 4 is 11.8 Å². The lowest BCUT2D eigenvalue weighted by molar-refractivity contribution is 0.113. The van der Waals surface area contributed by atoms with Crippen LogP contribution in [0.5, 0.6) is 0 Å². The first kappa shape index (κ1) is 15.0. The van der Waals surface area contributed by atoms with E-state index < -0.39 is 6.10 Å². The molecule has 1 unspecified atom stereocenters. The molecule has 0 aliphatic rings. The molecule has 3 nitrogen and oxygen atoms in total. The van der Waals surface area contributed by atoms with Crippen LogP contribution in [-0.2, 0) is 5.75 Å². The lowest BCUT2D eigenvalue weighted by Crippen LogP contribution is -2.14. The van der Waals surface area contributed by atoms with E-state index in [0.717, 1.165) is 5.56 Å². The van der Waals surface area contributed by atoms with Crippen LogP contribution in [-0.4, -0.2) is 40.4 Å². The summed E-state index contributed by atoms with van der Waals surface area (Å²) in [7, 11) is 0. The van der Waals surface area contributed by atoms with Gasteiger partial charge in [0.1, 0.15) is 12.4 Å². The van der Waals surface area contributed by atoms with Crippen molar-refractivity contribution in [3.8, 4) is 11.8 Å². The Morgan fingerprint density at radius 1 is 1.28 bits per heavy atom. The van der Waals surface area contributed by atoms with E-state index in [9.17, 15) is 4.39 Å². The molecule has 0 aliphatic carbocycles. The van der Waals surface area contributed by atoms with Crippen LogP contribution in [0.4, 0.5) is 4.39 Å². The van der Waals surface area contributed by atoms with Gasteiger partial charge < -0.3 is 15.3 Å². The van der Waals surface area contributed by atoms with Gasteiger partial charge in [0, 0.05) is 17.1 Å². The summed E-state index contributed by atoms with van der Waals surface area (Å²) in [5.41, 5.74) is 1.27. The maximum Gasteiger partial charge on any atom is 0.124 e. The van der Waals surface area contributed by atoms with Crippen LogP contribution in [0.15, 0.2) is 18.2 Å². The zero-order valence-corrected chi connectivity index (χ0v) is 10.6. The fourth-order valence-corrected chi connectivity index (χ4v) is 2.21. The van der Waals surface area contributed by atoms with Gasteiger partial charge in [-0.3, -0.25) is 0 Å². The molecular formula is C13H15FO3S. The van der Waals surface area contributed by atoms with E-state index >= 15 is 0 Å². The molecule has 0 bridgehead atoms. The van der Waals surface area contributed by atoms with E-state index in [1.165, 1.54) is 23.9 Å². The Morgan fingerprint density at radius 2 is 2.06 bits per heavy atom. The maximum atomic E-state index is 13.3. The minimum atomic E-state index is -0.753. The van der Waals surface area contributed by atoms with Gasteiger partial charge in [-0.2, -0.15) is 11.8 Å². The largest absolute Gasteiger partial charge is 0.394 e. The van der Waals surface area contributed by atoms with Crippen molar-refractivity contribution in [2.24, 2.45) is 0 Å². The van der Waals surface area contributed by atoms with Gasteiger partial charge in [0.25, 0.3) is 0 Å². The minimum absolute atomic E-state index is 0.261. The molecule has 5 heteroatoms. The van der Waals surface area contributed by atoms with Gasteiger partial charge in [0.05, 0.1) is 12.7 Å². The van der Waals surface area contributed by atoms with E-state index in [1.54, 1.807) is 6.07 Å². The number of halogens is 1. The molecule has 1 aromatic rings. The molecule has 0 radical (unpaired) electrons. The van der Waals surface area contributed by atoms with Crippen molar-refractivity contribution in [2.75, 3.05) is 19.0 Å². The normalized spacial score (nSPS) is 11.8. The molecule has 1 rings (SSSR count). The van der Waals surface area contributed by atoms with E-state index in [-0.39, 0.29) is 19.0 Å². The molecule has 0 amide bonds. The Bertz CT molecular complexity index is 440. The van der Waals surface area contributed by atoms with Gasteiger partial charge in [-0.1, -0.05) is 11.8 Å². The number of hydrogen-bond acceptors (Lipinski definition) is 4. The van der Waals surface area contributed by atoms with Crippen LogP contribution in [0, 0.1) is 17.7 Å². The highest BCUT2D eigenvalue weighted by atomic mass is 32.2. The monoisotopic (exact) mass is 270 g/mol. The Balaban J connectivity index is 2.62. The first-order valence-corrected chi connectivity index (χ1v) is 6.57. The maximum absolute atomic E-state index is 13.3. The van der Waals surface area contributed by atoms with Gasteiger partial charge in [-0.15, -0.1) is 0 Å². The van der Waals surface area contributed by atoms with Crippen molar-refractivity contribution < 1.29 is 19.7 Å². The van der Waals surface area contributed by atoms with Crippen molar-refractivity contribution in [1.29, 1.82) is 0 Å². The molecule has 3 N–H and O–H groups in total. The second-order valence-corrected chi connectivity index (χ2v) is 4.69. The number of thioether (sulfide) groups is 1. The highest BCUT2D eigenvalue weighted by Gasteiger charge is 2.04. The van der Waals surface area contributed by atoms with Crippen molar-refractivity contribution in [3.05, 3.63) is 35.1 Å². The van der Waals surface area contributed by atoms with Gasteiger partial charge >= 0.3 is 0 Å². The average molecular weight is 270 g/mol. The molecular weight excluding hydrogens is 255 g/mol. The molecule has 1 atom stereocenters. The second-order valence-electron chi connectivity index (χ2n) is 3.66. The SMILES string of the molecule is OCC#Cc1cc(F)cc(CSCC(O)CO)c1. The van der Waals surface area contributed by atoms with E-state index in [0.29, 0.717) is 17.1 Å². The van der Waals surface area contributed by atoms with Gasteiger partial charge in [0.15, 0.2) is 0 Å². The predicted octanol–water partition coefficient (Wildman–Crippen LogP) is 0.756. The lowest BCUT2D eigenvalue weighted by Gasteiger charge is -2.07. The third-order valence-corrected chi connectivity index (χ3v) is 3.22. The summed E-state index contributed by atoms with van der Waals surface area (Å²) < 4.78 is 13.3. The smallest absolute Gasteiger partial charge is 0.124 e. The van der Waals surface area contributed by atoms with Crippen LogP contribution < -0.4 is 0 Å². The van der Waals surface area contributed by atoms with Crippen molar-refractivity contribution in [1.82, 2.24) is 0 Å². The summed E-state index contributed by atoms with van der Waals surface area (Å²) in [6, 6.07) is 4.45. The standard InChI is InChI=1S/C13H15FO3S/c14-12-5-10(2-1-3-15)4-11(6-12)8-18-9-13(17)7-16/h4-6,13,15-17H,3,7-9H2. The molecule has 18 heavy (non-hydrogen) atoms. The van der Waals surface area contributed by atoms with Gasteiger partial charge in [-0.05, 0) is 23.8 Å². The average Bonchev–Trinajstić information content (AvgIpc) is 2.35. The first-order chi connectivity index (χ1) is 8.65. The Kier molecular flexibility index (Phi) is 6.76.